The number of hydrogen-bond acceptors (Lipinski definition) is 3. The summed E-state index contributed by atoms with van der Waals surface area (Å²) in [5.74, 6) is 0. The third-order valence-corrected chi connectivity index (χ3v) is 3.78. The standard InChI is InChI=1S/C18H20N2O2/c21-18(22-17-9-11-19-12-10-17)20-16-8-4-7-15(13-16)14-5-2-1-3-6-14/h1-8,13,17,19H,9-12H2,(H,20,21). The smallest absolute Gasteiger partial charge is 0.411 e. The minimum Gasteiger partial charge on any atom is -0.446 e. The van der Waals surface area contributed by atoms with Gasteiger partial charge in [0.15, 0.2) is 0 Å². The van der Waals surface area contributed by atoms with Crippen molar-refractivity contribution in [2.45, 2.75) is 18.9 Å². The first-order chi connectivity index (χ1) is 10.8. The van der Waals surface area contributed by atoms with Gasteiger partial charge in [0.05, 0.1) is 0 Å². The molecule has 22 heavy (non-hydrogen) atoms. The molecule has 2 aromatic rings. The minimum atomic E-state index is -0.378. The van der Waals surface area contributed by atoms with Gasteiger partial charge in [0.25, 0.3) is 0 Å². The maximum absolute atomic E-state index is 12.0. The highest BCUT2D eigenvalue weighted by Crippen LogP contribution is 2.22. The Morgan fingerprint density at radius 1 is 1.00 bits per heavy atom. The lowest BCUT2D eigenvalue weighted by Crippen LogP contribution is -2.34. The predicted octanol–water partition coefficient (Wildman–Crippen LogP) is 3.65. The largest absolute Gasteiger partial charge is 0.446 e. The Hall–Kier alpha value is -2.33. The molecule has 1 fully saturated rings. The molecule has 4 nitrogen and oxygen atoms in total. The summed E-state index contributed by atoms with van der Waals surface area (Å²) < 4.78 is 5.45. The van der Waals surface area contributed by atoms with E-state index in [1.54, 1.807) is 0 Å². The lowest BCUT2D eigenvalue weighted by Gasteiger charge is -2.22. The molecule has 0 saturated carbocycles. The van der Waals surface area contributed by atoms with E-state index in [-0.39, 0.29) is 12.2 Å². The van der Waals surface area contributed by atoms with Crippen molar-refractivity contribution in [3.05, 3.63) is 54.6 Å². The molecule has 0 spiro atoms. The number of amides is 1. The summed E-state index contributed by atoms with van der Waals surface area (Å²) in [5, 5.41) is 6.07. The van der Waals surface area contributed by atoms with Crippen LogP contribution in [-0.4, -0.2) is 25.3 Å². The topological polar surface area (TPSA) is 50.4 Å². The Kier molecular flexibility index (Phi) is 4.71. The van der Waals surface area contributed by atoms with E-state index in [0.717, 1.165) is 42.7 Å². The average Bonchev–Trinajstić information content (AvgIpc) is 2.57. The van der Waals surface area contributed by atoms with E-state index in [4.69, 9.17) is 4.74 Å². The molecule has 0 aromatic heterocycles. The van der Waals surface area contributed by atoms with Gasteiger partial charge >= 0.3 is 6.09 Å². The van der Waals surface area contributed by atoms with Gasteiger partial charge in [-0.2, -0.15) is 0 Å². The average molecular weight is 296 g/mol. The molecule has 2 aromatic carbocycles. The van der Waals surface area contributed by atoms with Crippen LogP contribution in [0.5, 0.6) is 0 Å². The number of rotatable bonds is 3. The molecular formula is C18H20N2O2. The van der Waals surface area contributed by atoms with Gasteiger partial charge < -0.3 is 10.1 Å². The molecule has 2 N–H and O–H groups in total. The van der Waals surface area contributed by atoms with E-state index in [1.807, 2.05) is 54.6 Å². The third kappa shape index (κ3) is 3.86. The summed E-state index contributed by atoms with van der Waals surface area (Å²) >= 11 is 0. The highest BCUT2D eigenvalue weighted by Gasteiger charge is 2.17. The van der Waals surface area contributed by atoms with E-state index in [2.05, 4.69) is 10.6 Å². The predicted molar refractivity (Wildman–Crippen MR) is 87.9 cm³/mol. The quantitative estimate of drug-likeness (QED) is 0.909. The van der Waals surface area contributed by atoms with Crippen LogP contribution in [0.15, 0.2) is 54.6 Å². The van der Waals surface area contributed by atoms with Crippen molar-refractivity contribution >= 4 is 11.8 Å². The van der Waals surface area contributed by atoms with Crippen LogP contribution >= 0.6 is 0 Å². The first-order valence-electron chi connectivity index (χ1n) is 7.65. The minimum absolute atomic E-state index is 0.0126. The molecule has 0 aliphatic carbocycles. The highest BCUT2D eigenvalue weighted by molar-refractivity contribution is 5.86. The van der Waals surface area contributed by atoms with Crippen molar-refractivity contribution in [2.75, 3.05) is 18.4 Å². The first kappa shape index (κ1) is 14.6. The lowest BCUT2D eigenvalue weighted by atomic mass is 10.1. The van der Waals surface area contributed by atoms with Gasteiger partial charge in [-0.15, -0.1) is 0 Å². The Labute approximate surface area is 130 Å². The molecule has 1 heterocycles. The fraction of sp³-hybridized carbons (Fsp3) is 0.278. The van der Waals surface area contributed by atoms with Gasteiger partial charge in [-0.05, 0) is 49.2 Å². The molecule has 0 radical (unpaired) electrons. The number of anilines is 1. The molecule has 3 rings (SSSR count). The molecule has 4 heteroatoms. The summed E-state index contributed by atoms with van der Waals surface area (Å²) in [6.07, 6.45) is 1.38. The summed E-state index contributed by atoms with van der Waals surface area (Å²) in [5.41, 5.74) is 2.94. The number of piperidine rings is 1. The highest BCUT2D eigenvalue weighted by atomic mass is 16.6. The van der Waals surface area contributed by atoms with Gasteiger partial charge in [0.2, 0.25) is 0 Å². The molecule has 1 aliphatic rings. The second-order valence-corrected chi connectivity index (χ2v) is 5.43. The van der Waals surface area contributed by atoms with Crippen molar-refractivity contribution < 1.29 is 9.53 Å². The molecule has 1 amide bonds. The number of carbonyl (C=O) groups excluding carboxylic acids is 1. The molecule has 1 saturated heterocycles. The molecular weight excluding hydrogens is 276 g/mol. The zero-order valence-electron chi connectivity index (χ0n) is 12.4. The van der Waals surface area contributed by atoms with E-state index in [9.17, 15) is 4.79 Å². The molecule has 0 atom stereocenters. The Balaban J connectivity index is 1.64. The van der Waals surface area contributed by atoms with Crippen LogP contribution in [0.3, 0.4) is 0 Å². The number of ether oxygens (including phenoxy) is 1. The van der Waals surface area contributed by atoms with Gasteiger partial charge in [-0.1, -0.05) is 42.5 Å². The van der Waals surface area contributed by atoms with Gasteiger partial charge in [0.1, 0.15) is 6.10 Å². The number of hydrogen-bond donors (Lipinski definition) is 2. The molecule has 1 aliphatic heterocycles. The monoisotopic (exact) mass is 296 g/mol. The third-order valence-electron chi connectivity index (χ3n) is 3.78. The second-order valence-electron chi connectivity index (χ2n) is 5.43. The van der Waals surface area contributed by atoms with Gasteiger partial charge in [0, 0.05) is 5.69 Å². The SMILES string of the molecule is O=C(Nc1cccc(-c2ccccc2)c1)OC1CCNCC1. The van der Waals surface area contributed by atoms with Crippen LogP contribution in [0.25, 0.3) is 11.1 Å². The molecule has 0 unspecified atom stereocenters. The Bertz CT molecular complexity index is 622. The van der Waals surface area contributed by atoms with E-state index < -0.39 is 0 Å². The zero-order chi connectivity index (χ0) is 15.2. The van der Waals surface area contributed by atoms with E-state index in [1.165, 1.54) is 0 Å². The van der Waals surface area contributed by atoms with E-state index >= 15 is 0 Å². The fourth-order valence-electron chi connectivity index (χ4n) is 2.62. The zero-order valence-corrected chi connectivity index (χ0v) is 12.4. The van der Waals surface area contributed by atoms with Crippen molar-refractivity contribution in [3.8, 4) is 11.1 Å². The van der Waals surface area contributed by atoms with Crippen molar-refractivity contribution in [1.82, 2.24) is 5.32 Å². The van der Waals surface area contributed by atoms with Crippen LogP contribution in [0.4, 0.5) is 10.5 Å². The van der Waals surface area contributed by atoms with Crippen LogP contribution in [0, 0.1) is 0 Å². The first-order valence-corrected chi connectivity index (χ1v) is 7.65. The maximum Gasteiger partial charge on any atom is 0.411 e. The fourth-order valence-corrected chi connectivity index (χ4v) is 2.62. The van der Waals surface area contributed by atoms with Crippen molar-refractivity contribution in [3.63, 3.8) is 0 Å². The Morgan fingerprint density at radius 3 is 2.50 bits per heavy atom. The van der Waals surface area contributed by atoms with Crippen molar-refractivity contribution in [2.24, 2.45) is 0 Å². The Morgan fingerprint density at radius 2 is 1.73 bits per heavy atom. The normalized spacial score (nSPS) is 15.3. The van der Waals surface area contributed by atoms with Gasteiger partial charge in [-0.3, -0.25) is 5.32 Å². The molecule has 0 bridgehead atoms. The lowest BCUT2D eigenvalue weighted by molar-refractivity contribution is 0.0909. The number of nitrogens with one attached hydrogen (secondary N) is 2. The van der Waals surface area contributed by atoms with Crippen molar-refractivity contribution in [1.29, 1.82) is 0 Å². The van der Waals surface area contributed by atoms with Crippen LogP contribution in [0.1, 0.15) is 12.8 Å². The van der Waals surface area contributed by atoms with Crippen LogP contribution in [-0.2, 0) is 4.74 Å². The number of carbonyl (C=O) groups is 1. The second kappa shape index (κ2) is 7.09. The summed E-state index contributed by atoms with van der Waals surface area (Å²) in [6, 6.07) is 17.9. The summed E-state index contributed by atoms with van der Waals surface area (Å²) in [4.78, 5) is 12.0. The van der Waals surface area contributed by atoms with Crippen LogP contribution in [0.2, 0.25) is 0 Å². The maximum atomic E-state index is 12.0. The summed E-state index contributed by atoms with van der Waals surface area (Å²) in [7, 11) is 0. The van der Waals surface area contributed by atoms with Gasteiger partial charge in [-0.25, -0.2) is 4.79 Å². The van der Waals surface area contributed by atoms with E-state index in [0.29, 0.717) is 0 Å². The van der Waals surface area contributed by atoms with Crippen LogP contribution < -0.4 is 10.6 Å². The number of benzene rings is 2. The summed E-state index contributed by atoms with van der Waals surface area (Å²) in [6.45, 7) is 1.81. The molecule has 114 valence electrons.